The van der Waals surface area contributed by atoms with E-state index in [2.05, 4.69) is 5.32 Å². The molecule has 0 amide bonds. The highest BCUT2D eigenvalue weighted by Crippen LogP contribution is 2.17. The van der Waals surface area contributed by atoms with Crippen LogP contribution in [0, 0.1) is 0 Å². The van der Waals surface area contributed by atoms with E-state index >= 15 is 0 Å². The maximum absolute atomic E-state index is 5.41. The summed E-state index contributed by atoms with van der Waals surface area (Å²) in [7, 11) is 0. The third-order valence-corrected chi connectivity index (χ3v) is 2.00. The zero-order chi connectivity index (χ0) is 5.40. The number of piperidine rings is 1. The van der Waals surface area contributed by atoms with Gasteiger partial charge < -0.3 is 10.1 Å². The molecule has 3 aliphatic heterocycles. The fraction of sp³-hybridized carbons (Fsp3) is 1.00. The number of hydrogen-bond donors (Lipinski definition) is 1. The second kappa shape index (κ2) is 2.86. The molecule has 0 saturated carbocycles. The van der Waals surface area contributed by atoms with Gasteiger partial charge in [-0.2, -0.15) is 0 Å². The van der Waals surface area contributed by atoms with Crippen molar-refractivity contribution in [1.82, 2.24) is 5.32 Å². The van der Waals surface area contributed by atoms with E-state index in [0.29, 0.717) is 12.1 Å². The molecule has 0 aliphatic carbocycles. The largest absolute Gasteiger partial charge is 0.375 e. The summed E-state index contributed by atoms with van der Waals surface area (Å²) in [5.74, 6) is 0. The predicted molar refractivity (Wildman–Crippen MR) is 38.0 cm³/mol. The first-order valence-corrected chi connectivity index (χ1v) is 3.30. The van der Waals surface area contributed by atoms with Crippen molar-refractivity contribution < 1.29 is 4.74 Å². The van der Waals surface area contributed by atoms with Gasteiger partial charge in [0.2, 0.25) is 0 Å². The molecule has 0 aromatic rings. The second-order valence-corrected chi connectivity index (χ2v) is 2.64. The van der Waals surface area contributed by atoms with Crippen molar-refractivity contribution in [3.63, 3.8) is 0 Å². The highest BCUT2D eigenvalue weighted by molar-refractivity contribution is 5.85. The van der Waals surface area contributed by atoms with E-state index in [4.69, 9.17) is 4.74 Å². The lowest BCUT2D eigenvalue weighted by Crippen LogP contribution is -2.51. The fourth-order valence-electron chi connectivity index (χ4n) is 1.43. The summed E-state index contributed by atoms with van der Waals surface area (Å²) < 4.78 is 5.41. The van der Waals surface area contributed by atoms with Gasteiger partial charge >= 0.3 is 0 Å². The molecule has 2 atom stereocenters. The van der Waals surface area contributed by atoms with Crippen LogP contribution < -0.4 is 5.32 Å². The van der Waals surface area contributed by atoms with Gasteiger partial charge in [0.1, 0.15) is 0 Å². The number of halogens is 1. The molecular weight excluding hydrogens is 138 g/mol. The van der Waals surface area contributed by atoms with Crippen molar-refractivity contribution >= 4 is 12.4 Å². The Bertz CT molecular complexity index is 68.0. The van der Waals surface area contributed by atoms with E-state index in [-0.39, 0.29) is 12.4 Å². The maximum atomic E-state index is 5.41. The third kappa shape index (κ3) is 1.37. The van der Waals surface area contributed by atoms with Crippen LogP contribution in [0.1, 0.15) is 12.8 Å². The molecule has 1 N–H and O–H groups in total. The summed E-state index contributed by atoms with van der Waals surface area (Å²) in [5.41, 5.74) is 0. The average molecular weight is 150 g/mol. The Morgan fingerprint density at radius 1 is 1.33 bits per heavy atom. The molecule has 3 heteroatoms. The van der Waals surface area contributed by atoms with E-state index in [9.17, 15) is 0 Å². The summed E-state index contributed by atoms with van der Waals surface area (Å²) in [5, 5.41) is 3.39. The van der Waals surface area contributed by atoms with Crippen molar-refractivity contribution in [2.24, 2.45) is 0 Å². The molecule has 0 aromatic carbocycles. The standard InChI is InChI=1S/C6H11NO.ClH/c1-2-6-3-7-5(1)4-8-6;/h5-7H,1-4H2;1H/t5-,6-;/m1./s1. The van der Waals surface area contributed by atoms with E-state index in [1.54, 1.807) is 0 Å². The summed E-state index contributed by atoms with van der Waals surface area (Å²) in [6, 6.07) is 0.681. The van der Waals surface area contributed by atoms with Crippen LogP contribution in [0.25, 0.3) is 0 Å². The van der Waals surface area contributed by atoms with Gasteiger partial charge in [-0.1, -0.05) is 0 Å². The Hall–Kier alpha value is 0.210. The van der Waals surface area contributed by atoms with Gasteiger partial charge in [-0.15, -0.1) is 12.4 Å². The Balaban J connectivity index is 0.000000405. The quantitative estimate of drug-likeness (QED) is 0.544. The van der Waals surface area contributed by atoms with Crippen LogP contribution in [0.15, 0.2) is 0 Å². The SMILES string of the molecule is C1C[C@@H]2CN[C@H]1CO2.Cl. The summed E-state index contributed by atoms with van der Waals surface area (Å²) in [6.45, 7) is 2.04. The first-order valence-electron chi connectivity index (χ1n) is 3.30. The number of nitrogens with one attached hydrogen (secondary N) is 1. The van der Waals surface area contributed by atoms with Crippen LogP contribution in [-0.4, -0.2) is 25.3 Å². The minimum Gasteiger partial charge on any atom is -0.375 e. The molecule has 0 unspecified atom stereocenters. The summed E-state index contributed by atoms with van der Waals surface area (Å²) in [6.07, 6.45) is 3.14. The van der Waals surface area contributed by atoms with Crippen LogP contribution in [0.3, 0.4) is 0 Å². The van der Waals surface area contributed by atoms with Gasteiger partial charge in [-0.3, -0.25) is 0 Å². The molecule has 3 fully saturated rings. The molecule has 3 aliphatic rings. The summed E-state index contributed by atoms with van der Waals surface area (Å²) in [4.78, 5) is 0. The Morgan fingerprint density at radius 3 is 2.33 bits per heavy atom. The van der Waals surface area contributed by atoms with Gasteiger partial charge in [-0.05, 0) is 12.8 Å². The first-order chi connectivity index (χ1) is 3.95. The monoisotopic (exact) mass is 149 g/mol. The van der Waals surface area contributed by atoms with Crippen molar-refractivity contribution in [3.8, 4) is 0 Å². The van der Waals surface area contributed by atoms with E-state index in [1.165, 1.54) is 12.8 Å². The van der Waals surface area contributed by atoms with E-state index < -0.39 is 0 Å². The topological polar surface area (TPSA) is 21.3 Å². The van der Waals surface area contributed by atoms with Gasteiger partial charge in [-0.25, -0.2) is 0 Å². The molecule has 0 aromatic heterocycles. The van der Waals surface area contributed by atoms with Crippen LogP contribution in [0.2, 0.25) is 0 Å². The normalized spacial score (nSPS) is 40.0. The second-order valence-electron chi connectivity index (χ2n) is 2.64. The lowest BCUT2D eigenvalue weighted by molar-refractivity contribution is -0.0385. The molecular formula is C6H12ClNO. The number of hydrogen-bond acceptors (Lipinski definition) is 2. The van der Waals surface area contributed by atoms with E-state index in [1.807, 2.05) is 0 Å². The highest BCUT2D eigenvalue weighted by Gasteiger charge is 2.26. The molecule has 3 saturated heterocycles. The smallest absolute Gasteiger partial charge is 0.0700 e. The van der Waals surface area contributed by atoms with Crippen molar-refractivity contribution in [2.45, 2.75) is 25.0 Å². The lowest BCUT2D eigenvalue weighted by atomic mass is 10.0. The van der Waals surface area contributed by atoms with Gasteiger partial charge in [0, 0.05) is 12.6 Å². The molecule has 3 rings (SSSR count). The molecule has 9 heavy (non-hydrogen) atoms. The van der Waals surface area contributed by atoms with E-state index in [0.717, 1.165) is 13.2 Å². The van der Waals surface area contributed by atoms with Crippen molar-refractivity contribution in [2.75, 3.05) is 13.2 Å². The maximum Gasteiger partial charge on any atom is 0.0700 e. The molecule has 54 valence electrons. The Labute approximate surface area is 61.4 Å². The zero-order valence-corrected chi connectivity index (χ0v) is 6.12. The molecule has 0 spiro atoms. The van der Waals surface area contributed by atoms with Gasteiger partial charge in [0.05, 0.1) is 12.7 Å². The summed E-state index contributed by atoms with van der Waals surface area (Å²) >= 11 is 0. The number of morpholine rings is 1. The molecule has 2 bridgehead atoms. The van der Waals surface area contributed by atoms with Crippen LogP contribution in [0.4, 0.5) is 0 Å². The lowest BCUT2D eigenvalue weighted by Gasteiger charge is -2.36. The first kappa shape index (κ1) is 7.32. The van der Waals surface area contributed by atoms with Crippen LogP contribution in [0.5, 0.6) is 0 Å². The van der Waals surface area contributed by atoms with Crippen molar-refractivity contribution in [3.05, 3.63) is 0 Å². The van der Waals surface area contributed by atoms with Crippen LogP contribution >= 0.6 is 12.4 Å². The van der Waals surface area contributed by atoms with Gasteiger partial charge in [0.25, 0.3) is 0 Å². The van der Waals surface area contributed by atoms with Crippen molar-refractivity contribution in [1.29, 1.82) is 0 Å². The zero-order valence-electron chi connectivity index (χ0n) is 5.30. The molecule has 2 nitrogen and oxygen atoms in total. The Morgan fingerprint density at radius 2 is 2.22 bits per heavy atom. The molecule has 3 heterocycles. The Kier molecular flexibility index (Phi) is 2.33. The number of fused-ring (bicyclic) bond motifs is 3. The van der Waals surface area contributed by atoms with Crippen LogP contribution in [-0.2, 0) is 4.74 Å². The fourth-order valence-corrected chi connectivity index (χ4v) is 1.43. The number of ether oxygens (including phenoxy) is 1. The third-order valence-electron chi connectivity index (χ3n) is 2.00. The minimum atomic E-state index is 0. The van der Waals surface area contributed by atoms with Gasteiger partial charge in [0.15, 0.2) is 0 Å². The highest BCUT2D eigenvalue weighted by atomic mass is 35.5. The minimum absolute atomic E-state index is 0. The predicted octanol–water partition coefficient (Wildman–Crippen LogP) is 0.559. The number of rotatable bonds is 0. The molecule has 0 radical (unpaired) electrons. The average Bonchev–Trinajstić information content (AvgIpc) is 1.92.